The molecule has 8 heteroatoms. The van der Waals surface area contributed by atoms with Crippen LogP contribution in [0, 0.1) is 5.41 Å². The summed E-state index contributed by atoms with van der Waals surface area (Å²) in [6, 6.07) is 0. The minimum atomic E-state index is -0.905. The van der Waals surface area contributed by atoms with Crippen LogP contribution in [0.15, 0.2) is 12.7 Å². The van der Waals surface area contributed by atoms with Gasteiger partial charge in [0.2, 0.25) is 0 Å². The van der Waals surface area contributed by atoms with Crippen LogP contribution in [0.25, 0.3) is 0 Å². The average Bonchev–Trinajstić information content (AvgIpc) is 2.45. The zero-order valence-corrected chi connectivity index (χ0v) is 11.1. The molecule has 8 nitrogen and oxygen atoms in total. The smallest absolute Gasteiger partial charge is 0.459 e. The summed E-state index contributed by atoms with van der Waals surface area (Å²) in [4.78, 5) is 32.7. The van der Waals surface area contributed by atoms with E-state index in [2.05, 4.69) is 16.1 Å². The van der Waals surface area contributed by atoms with Gasteiger partial charge in [-0.1, -0.05) is 6.58 Å². The van der Waals surface area contributed by atoms with Crippen LogP contribution in [0.3, 0.4) is 0 Å². The molecule has 1 heterocycles. The molecule has 20 heavy (non-hydrogen) atoms. The molecule has 0 atom stereocenters. The fourth-order valence-corrected chi connectivity index (χ4v) is 1.23. The summed E-state index contributed by atoms with van der Waals surface area (Å²) in [7, 11) is 0. The zero-order valence-electron chi connectivity index (χ0n) is 11.1. The summed E-state index contributed by atoms with van der Waals surface area (Å²) >= 11 is 0. The molecule has 0 aromatic heterocycles. The van der Waals surface area contributed by atoms with Crippen LogP contribution in [-0.2, 0) is 28.5 Å². The molecule has 1 aliphatic heterocycles. The molecule has 0 aromatic carbocycles. The van der Waals surface area contributed by atoms with Gasteiger partial charge in [-0.3, -0.25) is 0 Å². The van der Waals surface area contributed by atoms with Gasteiger partial charge in [0, 0.05) is 6.08 Å². The van der Waals surface area contributed by atoms with Crippen molar-refractivity contribution < 1.29 is 38.1 Å². The lowest BCUT2D eigenvalue weighted by atomic mass is 9.94. The maximum atomic E-state index is 11.3. The van der Waals surface area contributed by atoms with E-state index < -0.39 is 23.7 Å². The molecule has 0 saturated carbocycles. The molecule has 1 aliphatic rings. The van der Waals surface area contributed by atoms with E-state index in [1.807, 2.05) is 0 Å². The predicted octanol–water partition coefficient (Wildman–Crippen LogP) is 1.04. The molecule has 1 fully saturated rings. The molecule has 0 amide bonds. The maximum Gasteiger partial charge on any atom is 0.508 e. The van der Waals surface area contributed by atoms with Crippen molar-refractivity contribution in [2.45, 2.75) is 6.92 Å². The largest absolute Gasteiger partial charge is 0.508 e. The Balaban J connectivity index is 2.15. The second-order valence-corrected chi connectivity index (χ2v) is 4.40. The second-order valence-electron chi connectivity index (χ2n) is 4.40. The van der Waals surface area contributed by atoms with Crippen molar-refractivity contribution in [1.29, 1.82) is 0 Å². The highest BCUT2D eigenvalue weighted by molar-refractivity contribution is 5.81. The molecule has 0 aromatic rings. The molecule has 1 rings (SSSR count). The number of carbonyl (C=O) groups is 3. The third kappa shape index (κ3) is 5.59. The summed E-state index contributed by atoms with van der Waals surface area (Å²) < 4.78 is 23.5. The Morgan fingerprint density at radius 3 is 2.45 bits per heavy atom. The van der Waals surface area contributed by atoms with Crippen LogP contribution in [0.5, 0.6) is 0 Å². The molecule has 0 N–H and O–H groups in total. The Morgan fingerprint density at radius 1 is 1.25 bits per heavy atom. The fraction of sp³-hybridized carbons (Fsp3) is 0.583. The first-order valence-corrected chi connectivity index (χ1v) is 5.83. The minimum absolute atomic E-state index is 0.0223. The average molecular weight is 288 g/mol. The van der Waals surface area contributed by atoms with E-state index >= 15 is 0 Å². The molecule has 112 valence electrons. The normalized spacial score (nSPS) is 16.4. The minimum Gasteiger partial charge on any atom is -0.459 e. The van der Waals surface area contributed by atoms with E-state index in [0.29, 0.717) is 0 Å². The van der Waals surface area contributed by atoms with Crippen LogP contribution >= 0.6 is 0 Å². The van der Waals surface area contributed by atoms with E-state index in [1.54, 1.807) is 6.92 Å². The first-order valence-electron chi connectivity index (χ1n) is 5.83. The van der Waals surface area contributed by atoms with Crippen molar-refractivity contribution in [3.63, 3.8) is 0 Å². The molecule has 1 saturated heterocycles. The zero-order chi connectivity index (χ0) is 15.0. The molecular weight excluding hydrogens is 272 g/mol. The van der Waals surface area contributed by atoms with Gasteiger partial charge in [-0.2, -0.15) is 0 Å². The van der Waals surface area contributed by atoms with Gasteiger partial charge in [-0.25, -0.2) is 14.4 Å². The molecule has 0 radical (unpaired) electrons. The Hall–Kier alpha value is -2.25. The number of hydrogen-bond donors (Lipinski definition) is 0. The Bertz CT molecular complexity index is 379. The van der Waals surface area contributed by atoms with Crippen molar-refractivity contribution in [1.82, 2.24) is 0 Å². The van der Waals surface area contributed by atoms with Gasteiger partial charge in [0.05, 0.1) is 5.41 Å². The third-order valence-corrected chi connectivity index (χ3v) is 2.33. The lowest BCUT2D eigenvalue weighted by Gasteiger charge is -2.31. The van der Waals surface area contributed by atoms with Crippen LogP contribution in [0.2, 0.25) is 0 Å². The first-order chi connectivity index (χ1) is 9.45. The van der Waals surface area contributed by atoms with E-state index in [0.717, 1.165) is 6.08 Å². The second kappa shape index (κ2) is 7.37. The van der Waals surface area contributed by atoms with E-state index in [9.17, 15) is 14.4 Å². The summed E-state index contributed by atoms with van der Waals surface area (Å²) in [5.74, 6) is -0.601. The van der Waals surface area contributed by atoms with Crippen molar-refractivity contribution >= 4 is 18.3 Å². The Labute approximate surface area is 115 Å². The summed E-state index contributed by atoms with van der Waals surface area (Å²) in [5.41, 5.74) is -0.609. The van der Waals surface area contributed by atoms with Crippen molar-refractivity contribution in [2.24, 2.45) is 5.41 Å². The van der Waals surface area contributed by atoms with Gasteiger partial charge >= 0.3 is 18.3 Å². The van der Waals surface area contributed by atoms with Gasteiger partial charge < -0.3 is 23.7 Å². The molecule has 0 unspecified atom stereocenters. The number of ether oxygens (including phenoxy) is 5. The number of carbonyl (C=O) groups excluding carboxylic acids is 3. The quantitative estimate of drug-likeness (QED) is 0.309. The number of rotatable bonds is 6. The van der Waals surface area contributed by atoms with Gasteiger partial charge in [0.25, 0.3) is 0 Å². The van der Waals surface area contributed by atoms with E-state index in [1.165, 1.54) is 0 Å². The maximum absolute atomic E-state index is 11.3. The van der Waals surface area contributed by atoms with Crippen molar-refractivity contribution in [3.8, 4) is 0 Å². The van der Waals surface area contributed by atoms with Crippen LogP contribution in [-0.4, -0.2) is 51.3 Å². The third-order valence-electron chi connectivity index (χ3n) is 2.33. The molecular formula is C12H16O8. The Kier molecular flexibility index (Phi) is 5.82. The first kappa shape index (κ1) is 15.8. The predicted molar refractivity (Wildman–Crippen MR) is 63.9 cm³/mol. The van der Waals surface area contributed by atoms with Crippen LogP contribution in [0.4, 0.5) is 9.59 Å². The van der Waals surface area contributed by atoms with E-state index in [4.69, 9.17) is 14.2 Å². The molecule has 0 bridgehead atoms. The Morgan fingerprint density at radius 2 is 1.85 bits per heavy atom. The number of esters is 1. The summed E-state index contributed by atoms with van der Waals surface area (Å²) in [6.45, 7) is 4.90. The van der Waals surface area contributed by atoms with Crippen molar-refractivity contribution in [3.05, 3.63) is 12.7 Å². The highest BCUT2D eigenvalue weighted by Crippen LogP contribution is 2.22. The lowest BCUT2D eigenvalue weighted by Crippen LogP contribution is -2.41. The molecule has 0 spiro atoms. The van der Waals surface area contributed by atoms with E-state index in [-0.39, 0.29) is 33.0 Å². The SMILES string of the molecule is C=CC(=O)OCCOC(=O)OCC1(C)COC(=O)OC1. The summed E-state index contributed by atoms with van der Waals surface area (Å²) in [5, 5.41) is 0. The lowest BCUT2D eigenvalue weighted by molar-refractivity contribution is -0.139. The van der Waals surface area contributed by atoms with Crippen LogP contribution in [0.1, 0.15) is 6.92 Å². The highest BCUT2D eigenvalue weighted by Gasteiger charge is 2.34. The van der Waals surface area contributed by atoms with Gasteiger partial charge in [-0.15, -0.1) is 0 Å². The van der Waals surface area contributed by atoms with Crippen LogP contribution < -0.4 is 0 Å². The van der Waals surface area contributed by atoms with Gasteiger partial charge in [-0.05, 0) is 6.92 Å². The summed E-state index contributed by atoms with van der Waals surface area (Å²) in [6.07, 6.45) is -0.643. The molecule has 0 aliphatic carbocycles. The topological polar surface area (TPSA) is 97.4 Å². The highest BCUT2D eigenvalue weighted by atomic mass is 16.7. The monoisotopic (exact) mass is 288 g/mol. The number of cyclic esters (lactones) is 2. The fourth-order valence-electron chi connectivity index (χ4n) is 1.23. The standard InChI is InChI=1S/C12H16O8/c1-3-9(13)16-4-5-17-10(14)18-6-12(2)7-19-11(15)20-8-12/h3H,1,4-8H2,2H3. The van der Waals surface area contributed by atoms with Gasteiger partial charge in [0.15, 0.2) is 0 Å². The van der Waals surface area contributed by atoms with Gasteiger partial charge in [0.1, 0.15) is 33.0 Å². The van der Waals surface area contributed by atoms with Crippen molar-refractivity contribution in [2.75, 3.05) is 33.0 Å². The number of hydrogen-bond acceptors (Lipinski definition) is 8.